The molecule has 1 heterocycles. The summed E-state index contributed by atoms with van der Waals surface area (Å²) in [7, 11) is 0. The van der Waals surface area contributed by atoms with Crippen LogP contribution in [0, 0.1) is 0 Å². The fourth-order valence-corrected chi connectivity index (χ4v) is 3.98. The summed E-state index contributed by atoms with van der Waals surface area (Å²) in [5.74, 6) is 1.56. The van der Waals surface area contributed by atoms with E-state index < -0.39 is 0 Å². The van der Waals surface area contributed by atoms with E-state index in [-0.39, 0.29) is 0 Å². The summed E-state index contributed by atoms with van der Waals surface area (Å²) in [6, 6.07) is 9.41. The van der Waals surface area contributed by atoms with Crippen LogP contribution in [0.3, 0.4) is 0 Å². The van der Waals surface area contributed by atoms with Crippen molar-refractivity contribution < 1.29 is 0 Å². The molecule has 2 fully saturated rings. The standard InChI is InChI=1S/C18H27ClN2/c19-10-11-20-12-14-21(15-13-20)18-8-6-17(7-9-18)16-4-2-1-3-5-16/h6-9,16H,1-5,10-15H2. The maximum atomic E-state index is 5.82. The molecule has 1 aromatic rings. The van der Waals surface area contributed by atoms with Crippen molar-refractivity contribution in [3.8, 4) is 0 Å². The number of piperazine rings is 1. The van der Waals surface area contributed by atoms with E-state index in [1.54, 1.807) is 5.56 Å². The quantitative estimate of drug-likeness (QED) is 0.773. The Morgan fingerprint density at radius 2 is 1.57 bits per heavy atom. The van der Waals surface area contributed by atoms with Crippen molar-refractivity contribution in [2.45, 2.75) is 38.0 Å². The zero-order valence-electron chi connectivity index (χ0n) is 12.9. The van der Waals surface area contributed by atoms with E-state index in [1.807, 2.05) is 0 Å². The molecular weight excluding hydrogens is 280 g/mol. The molecule has 0 N–H and O–H groups in total. The minimum Gasteiger partial charge on any atom is -0.369 e. The van der Waals surface area contributed by atoms with Gasteiger partial charge in [0.15, 0.2) is 0 Å². The summed E-state index contributed by atoms with van der Waals surface area (Å²) in [6.45, 7) is 5.55. The van der Waals surface area contributed by atoms with Gasteiger partial charge in [-0.3, -0.25) is 4.90 Å². The smallest absolute Gasteiger partial charge is 0.0367 e. The van der Waals surface area contributed by atoms with Crippen LogP contribution in [0.15, 0.2) is 24.3 Å². The minimum atomic E-state index is 0.746. The zero-order chi connectivity index (χ0) is 14.5. The monoisotopic (exact) mass is 306 g/mol. The van der Waals surface area contributed by atoms with Crippen LogP contribution in [0.5, 0.6) is 0 Å². The summed E-state index contributed by atoms with van der Waals surface area (Å²) in [4.78, 5) is 4.97. The molecule has 1 aliphatic heterocycles. The molecule has 0 atom stereocenters. The predicted octanol–water partition coefficient (Wildman–Crippen LogP) is 4.10. The molecular formula is C18H27ClN2. The van der Waals surface area contributed by atoms with Crippen molar-refractivity contribution in [2.75, 3.05) is 43.5 Å². The number of hydrogen-bond acceptors (Lipinski definition) is 2. The van der Waals surface area contributed by atoms with Crippen LogP contribution in [-0.4, -0.2) is 43.5 Å². The van der Waals surface area contributed by atoms with Crippen LogP contribution >= 0.6 is 11.6 Å². The van der Waals surface area contributed by atoms with Gasteiger partial charge in [0.25, 0.3) is 0 Å². The Hall–Kier alpha value is -0.730. The molecule has 1 aromatic carbocycles. The lowest BCUT2D eigenvalue weighted by Crippen LogP contribution is -2.46. The molecule has 2 nitrogen and oxygen atoms in total. The molecule has 2 aliphatic rings. The van der Waals surface area contributed by atoms with Gasteiger partial charge in [-0.25, -0.2) is 0 Å². The molecule has 0 spiro atoms. The maximum absolute atomic E-state index is 5.82. The second kappa shape index (κ2) is 7.51. The predicted molar refractivity (Wildman–Crippen MR) is 91.6 cm³/mol. The Morgan fingerprint density at radius 3 is 2.19 bits per heavy atom. The van der Waals surface area contributed by atoms with Gasteiger partial charge in [0.05, 0.1) is 0 Å². The molecule has 0 aromatic heterocycles. The third-order valence-electron chi connectivity index (χ3n) is 5.11. The van der Waals surface area contributed by atoms with Crippen LogP contribution in [-0.2, 0) is 0 Å². The number of hydrogen-bond donors (Lipinski definition) is 0. The third kappa shape index (κ3) is 3.92. The fourth-order valence-electron chi connectivity index (χ4n) is 3.74. The van der Waals surface area contributed by atoms with Gasteiger partial charge >= 0.3 is 0 Å². The number of nitrogens with zero attached hydrogens (tertiary/aromatic N) is 2. The van der Waals surface area contributed by atoms with Crippen molar-refractivity contribution in [3.05, 3.63) is 29.8 Å². The van der Waals surface area contributed by atoms with Crippen molar-refractivity contribution in [2.24, 2.45) is 0 Å². The lowest BCUT2D eigenvalue weighted by atomic mass is 9.84. The largest absolute Gasteiger partial charge is 0.369 e. The van der Waals surface area contributed by atoms with Crippen molar-refractivity contribution >= 4 is 17.3 Å². The van der Waals surface area contributed by atoms with Crippen molar-refractivity contribution in [1.82, 2.24) is 4.90 Å². The first-order valence-corrected chi connectivity index (χ1v) is 9.03. The molecule has 0 radical (unpaired) electrons. The highest BCUT2D eigenvalue weighted by atomic mass is 35.5. The number of rotatable bonds is 4. The van der Waals surface area contributed by atoms with Crippen LogP contribution in [0.25, 0.3) is 0 Å². The Labute approximate surface area is 134 Å². The lowest BCUT2D eigenvalue weighted by molar-refractivity contribution is 0.272. The van der Waals surface area contributed by atoms with Gasteiger partial charge in [0, 0.05) is 44.3 Å². The van der Waals surface area contributed by atoms with E-state index in [9.17, 15) is 0 Å². The molecule has 1 saturated carbocycles. The molecule has 3 rings (SSSR count). The highest BCUT2D eigenvalue weighted by Crippen LogP contribution is 2.33. The van der Waals surface area contributed by atoms with Gasteiger partial charge in [-0.15, -0.1) is 11.6 Å². The first-order valence-electron chi connectivity index (χ1n) is 8.50. The summed E-state index contributed by atoms with van der Waals surface area (Å²) in [5.41, 5.74) is 2.94. The van der Waals surface area contributed by atoms with E-state index in [4.69, 9.17) is 11.6 Å². The van der Waals surface area contributed by atoms with Gasteiger partial charge < -0.3 is 4.90 Å². The molecule has 1 aliphatic carbocycles. The molecule has 0 unspecified atom stereocenters. The van der Waals surface area contributed by atoms with Crippen LogP contribution in [0.4, 0.5) is 5.69 Å². The number of halogens is 1. The van der Waals surface area contributed by atoms with E-state index in [2.05, 4.69) is 34.1 Å². The topological polar surface area (TPSA) is 6.48 Å². The second-order valence-corrected chi connectivity index (χ2v) is 6.82. The molecule has 21 heavy (non-hydrogen) atoms. The van der Waals surface area contributed by atoms with Crippen LogP contribution in [0.1, 0.15) is 43.6 Å². The van der Waals surface area contributed by atoms with Gasteiger partial charge in [0.1, 0.15) is 0 Å². The van der Waals surface area contributed by atoms with Gasteiger partial charge in [-0.1, -0.05) is 31.4 Å². The SMILES string of the molecule is ClCCN1CCN(c2ccc(C3CCCCC3)cc2)CC1. The van der Waals surface area contributed by atoms with Crippen molar-refractivity contribution in [1.29, 1.82) is 0 Å². The Bertz CT molecular complexity index is 417. The van der Waals surface area contributed by atoms with E-state index >= 15 is 0 Å². The third-order valence-corrected chi connectivity index (χ3v) is 5.28. The van der Waals surface area contributed by atoms with E-state index in [0.29, 0.717) is 0 Å². The number of benzene rings is 1. The molecule has 1 saturated heterocycles. The molecule has 116 valence electrons. The Balaban J connectivity index is 1.57. The fraction of sp³-hybridized carbons (Fsp3) is 0.667. The highest BCUT2D eigenvalue weighted by Gasteiger charge is 2.18. The van der Waals surface area contributed by atoms with E-state index in [0.717, 1.165) is 44.5 Å². The van der Waals surface area contributed by atoms with Gasteiger partial charge in [-0.05, 0) is 36.5 Å². The first kappa shape index (κ1) is 15.2. The van der Waals surface area contributed by atoms with E-state index in [1.165, 1.54) is 37.8 Å². The van der Waals surface area contributed by atoms with Crippen LogP contribution < -0.4 is 4.90 Å². The number of anilines is 1. The lowest BCUT2D eigenvalue weighted by Gasteiger charge is -2.36. The molecule has 3 heteroatoms. The van der Waals surface area contributed by atoms with Gasteiger partial charge in [-0.2, -0.15) is 0 Å². The summed E-state index contributed by atoms with van der Waals surface area (Å²) in [5, 5.41) is 0. The second-order valence-electron chi connectivity index (χ2n) is 6.44. The van der Waals surface area contributed by atoms with Gasteiger partial charge in [0.2, 0.25) is 0 Å². The normalized spacial score (nSPS) is 21.7. The zero-order valence-corrected chi connectivity index (χ0v) is 13.7. The average molecular weight is 307 g/mol. The molecule has 0 bridgehead atoms. The summed E-state index contributed by atoms with van der Waals surface area (Å²) in [6.07, 6.45) is 7.03. The number of alkyl halides is 1. The Kier molecular flexibility index (Phi) is 5.43. The summed E-state index contributed by atoms with van der Waals surface area (Å²) >= 11 is 5.82. The Morgan fingerprint density at radius 1 is 0.905 bits per heavy atom. The average Bonchev–Trinajstić information content (AvgIpc) is 2.57. The van der Waals surface area contributed by atoms with Crippen LogP contribution in [0.2, 0.25) is 0 Å². The highest BCUT2D eigenvalue weighted by molar-refractivity contribution is 6.18. The minimum absolute atomic E-state index is 0.746. The summed E-state index contributed by atoms with van der Waals surface area (Å²) < 4.78 is 0. The first-order chi connectivity index (χ1) is 10.4. The maximum Gasteiger partial charge on any atom is 0.0367 e. The van der Waals surface area contributed by atoms with Crippen molar-refractivity contribution in [3.63, 3.8) is 0 Å². The molecule has 0 amide bonds.